The molecular weight excluding hydrogens is 734 g/mol. The summed E-state index contributed by atoms with van der Waals surface area (Å²) in [7, 11) is -1.45. The number of ether oxygens (including phenoxy) is 4. The minimum absolute atomic E-state index is 0. The Hall–Kier alpha value is -4.01. The Morgan fingerprint density at radius 3 is 2.27 bits per heavy atom. The number of hydrogen-bond acceptors (Lipinski definition) is 13. The number of hydrogen-bond donors (Lipinski definition) is 3. The number of benzene rings is 2. The van der Waals surface area contributed by atoms with E-state index < -0.39 is 87.5 Å². The molecule has 0 aliphatic carbocycles. The van der Waals surface area contributed by atoms with Gasteiger partial charge in [0.15, 0.2) is 15.2 Å². The van der Waals surface area contributed by atoms with Gasteiger partial charge >= 0.3 is 69.4 Å². The van der Waals surface area contributed by atoms with E-state index in [0.717, 1.165) is 6.92 Å². The van der Waals surface area contributed by atoms with Crippen molar-refractivity contribution in [1.29, 1.82) is 0 Å². The first-order chi connectivity index (χ1) is 24.2. The van der Waals surface area contributed by atoms with E-state index >= 15 is 0 Å². The molecule has 2 aliphatic rings. The van der Waals surface area contributed by atoms with Crippen LogP contribution >= 0.6 is 0 Å². The molecule has 17 nitrogen and oxygen atoms in total. The number of amides is 3. The van der Waals surface area contributed by atoms with Gasteiger partial charge in [0.05, 0.1) is 44.0 Å². The molecule has 1 unspecified atom stereocenters. The largest absolute Gasteiger partial charge is 1.00 e. The molecule has 0 spiro atoms. The average molecular weight is 770 g/mol. The summed E-state index contributed by atoms with van der Waals surface area (Å²) < 4.78 is 47.1. The predicted molar refractivity (Wildman–Crippen MR) is 173 cm³/mol. The smallest absolute Gasteiger partial charge is 0.543 e. The number of alkyl carbamates (subject to hydrolysis) is 1. The third kappa shape index (κ3) is 10.3. The average Bonchev–Trinajstić information content (AvgIpc) is 3.07. The van der Waals surface area contributed by atoms with Crippen LogP contribution in [-0.4, -0.2) is 98.8 Å². The second-order valence-electron chi connectivity index (χ2n) is 11.6. The fraction of sp³-hybridized carbons (Fsp3) is 0.394. The number of β-lactam (4-membered cyclic amide) rings is 1. The number of sulfone groups is 1. The number of nitrogens with zero attached hydrogens (tertiary/aromatic N) is 1. The minimum atomic E-state index is -4.31. The van der Waals surface area contributed by atoms with Gasteiger partial charge in [-0.2, -0.15) is 0 Å². The van der Waals surface area contributed by atoms with Crippen LogP contribution < -0.4 is 76.6 Å². The van der Waals surface area contributed by atoms with Crippen molar-refractivity contribution in [2.24, 2.45) is 0 Å². The van der Waals surface area contributed by atoms with Crippen LogP contribution in [0.15, 0.2) is 53.7 Å². The van der Waals surface area contributed by atoms with Crippen molar-refractivity contribution < 1.29 is 118 Å². The first kappa shape index (κ1) is 42.4. The number of carbonyl (C=O) groups is 6. The zero-order chi connectivity index (χ0) is 37.5. The van der Waals surface area contributed by atoms with Gasteiger partial charge in [0.2, 0.25) is 5.91 Å². The van der Waals surface area contributed by atoms with Gasteiger partial charge in [0.1, 0.15) is 30.8 Å². The van der Waals surface area contributed by atoms with Gasteiger partial charge in [-0.1, -0.05) is 24.3 Å². The van der Waals surface area contributed by atoms with E-state index in [0.29, 0.717) is 21.8 Å². The summed E-state index contributed by atoms with van der Waals surface area (Å²) in [6.45, 7) is 0.336. The Kier molecular flexibility index (Phi) is 15.2. The normalized spacial score (nSPS) is 17.7. The maximum Gasteiger partial charge on any atom is 1.00 e. The number of esters is 1. The fourth-order valence-electron chi connectivity index (χ4n) is 5.75. The topological polar surface area (TPSA) is 244 Å². The van der Waals surface area contributed by atoms with Crippen molar-refractivity contribution >= 4 is 45.7 Å². The zero-order valence-corrected chi connectivity index (χ0v) is 32.8. The predicted octanol–water partition coefficient (Wildman–Crippen LogP) is -3.23. The zero-order valence-electron chi connectivity index (χ0n) is 28.8. The summed E-state index contributed by atoms with van der Waals surface area (Å²) >= 11 is 0. The molecule has 1 fully saturated rings. The van der Waals surface area contributed by atoms with E-state index in [4.69, 9.17) is 18.9 Å². The molecule has 52 heavy (non-hydrogen) atoms. The number of carboxylic acids is 2. The molecule has 4 rings (SSSR count). The van der Waals surface area contributed by atoms with Crippen LogP contribution in [0.5, 0.6) is 11.5 Å². The van der Waals surface area contributed by atoms with Crippen LogP contribution in [0.4, 0.5) is 4.79 Å². The van der Waals surface area contributed by atoms with Gasteiger partial charge in [0, 0.05) is 24.6 Å². The fourth-order valence-corrected chi connectivity index (χ4v) is 7.76. The first-order valence-corrected chi connectivity index (χ1v) is 17.2. The van der Waals surface area contributed by atoms with Crippen molar-refractivity contribution in [2.45, 2.75) is 50.1 Å². The van der Waals surface area contributed by atoms with Crippen molar-refractivity contribution in [3.05, 3.63) is 70.4 Å². The number of fused-ring (bicyclic) bond motifs is 1. The molecule has 2 aromatic carbocycles. The molecule has 0 aromatic heterocycles. The SMILES string of the molecule is COc1ccc(COC(=O)NCCCC(C(=O)N[C@H]2C(=O)N3C(C(=O)[O-])=C(COC(C)=O)CS(=O)(=O)[C@@H]23)c2cc(CC(=O)O)ccc2OC)cc1.[K+]. The summed E-state index contributed by atoms with van der Waals surface area (Å²) in [4.78, 5) is 74.7. The van der Waals surface area contributed by atoms with Gasteiger partial charge in [-0.15, -0.1) is 0 Å². The van der Waals surface area contributed by atoms with E-state index in [1.807, 2.05) is 0 Å². The van der Waals surface area contributed by atoms with Crippen molar-refractivity contribution in [2.75, 3.05) is 33.1 Å². The number of aliphatic carboxylic acids is 2. The standard InChI is InChI=1S/C33H37N3O14S.K/c1-18(37)49-16-21-17-51(45,46)31-27(30(41)36(31)28(21)32(42)43)35-29(40)23(24-13-20(14-26(38)39)8-11-25(24)48-3)5-4-12-34-33(44)50-15-19-6-9-22(47-2)10-7-19;/h6-11,13,23,27,31H,4-5,12,14-17H2,1-3H3,(H,34,44)(H,35,40)(H,38,39)(H,42,43);/q;+1/p-1/t23?,27-,31-;/m0./s1. The monoisotopic (exact) mass is 769 g/mol. The van der Waals surface area contributed by atoms with Crippen LogP contribution in [-0.2, 0) is 56.3 Å². The Bertz CT molecular complexity index is 1850. The third-order valence-corrected chi connectivity index (χ3v) is 10.1. The molecule has 0 saturated carbocycles. The quantitative estimate of drug-likeness (QED) is 0.0659. The summed E-state index contributed by atoms with van der Waals surface area (Å²) in [5.74, 6) is -6.93. The number of nitrogens with one attached hydrogen (secondary N) is 2. The molecule has 3 atom stereocenters. The number of rotatable bonds is 16. The molecule has 0 bridgehead atoms. The molecule has 19 heteroatoms. The van der Waals surface area contributed by atoms with Gasteiger partial charge in [0.25, 0.3) is 5.91 Å². The number of methoxy groups -OCH3 is 2. The van der Waals surface area contributed by atoms with E-state index in [2.05, 4.69) is 10.6 Å². The maximum absolute atomic E-state index is 13.9. The second-order valence-corrected chi connectivity index (χ2v) is 13.7. The van der Waals surface area contributed by atoms with Crippen LogP contribution in [0.1, 0.15) is 42.4 Å². The summed E-state index contributed by atoms with van der Waals surface area (Å²) in [6, 6.07) is 9.59. The molecule has 3 amide bonds. The van der Waals surface area contributed by atoms with Gasteiger partial charge in [-0.05, 0) is 42.2 Å². The maximum atomic E-state index is 13.9. The Morgan fingerprint density at radius 2 is 1.67 bits per heavy atom. The van der Waals surface area contributed by atoms with Crippen molar-refractivity contribution in [1.82, 2.24) is 15.5 Å². The molecule has 1 saturated heterocycles. The summed E-state index contributed by atoms with van der Waals surface area (Å²) in [5, 5.41) is 24.6. The molecule has 0 radical (unpaired) electrons. The Balaban J connectivity index is 0.00000729. The second kappa shape index (κ2) is 18.7. The van der Waals surface area contributed by atoms with Gasteiger partial charge in [-0.3, -0.25) is 24.1 Å². The molecule has 2 heterocycles. The van der Waals surface area contributed by atoms with Crippen molar-refractivity contribution in [3.63, 3.8) is 0 Å². The summed E-state index contributed by atoms with van der Waals surface area (Å²) in [5.41, 5.74) is 0.123. The van der Waals surface area contributed by atoms with E-state index in [9.17, 15) is 47.4 Å². The first-order valence-electron chi connectivity index (χ1n) is 15.5. The van der Waals surface area contributed by atoms with Gasteiger partial charge < -0.3 is 44.6 Å². The van der Waals surface area contributed by atoms with Crippen LogP contribution in [0.25, 0.3) is 0 Å². The molecular formula is C33H36KN3O14S. The van der Waals surface area contributed by atoms with Crippen LogP contribution in [0.3, 0.4) is 0 Å². The van der Waals surface area contributed by atoms with E-state index in [-0.39, 0.29) is 94.3 Å². The van der Waals surface area contributed by atoms with Crippen molar-refractivity contribution in [3.8, 4) is 11.5 Å². The van der Waals surface area contributed by atoms with Crippen LogP contribution in [0.2, 0.25) is 0 Å². The Morgan fingerprint density at radius 1 is 1.00 bits per heavy atom. The van der Waals surface area contributed by atoms with Crippen LogP contribution in [0, 0.1) is 0 Å². The van der Waals surface area contributed by atoms with E-state index in [1.54, 1.807) is 24.3 Å². The molecule has 2 aromatic rings. The Labute approximate surface area is 341 Å². The van der Waals surface area contributed by atoms with Gasteiger partial charge in [-0.25, -0.2) is 13.2 Å². The van der Waals surface area contributed by atoms with E-state index in [1.165, 1.54) is 32.4 Å². The molecule has 3 N–H and O–H groups in total. The molecule has 274 valence electrons. The third-order valence-electron chi connectivity index (χ3n) is 8.11. The molecule has 2 aliphatic heterocycles. The minimum Gasteiger partial charge on any atom is -0.543 e. The number of carboxylic acid groups (broad SMARTS) is 2. The number of carbonyl (C=O) groups excluding carboxylic acids is 5. The summed E-state index contributed by atoms with van der Waals surface area (Å²) in [6.07, 6.45) is -0.973.